The second-order valence-electron chi connectivity index (χ2n) is 3.97. The number of carbonyl (C=O) groups excluding carboxylic acids is 2. The molecule has 1 heterocycles. The van der Waals surface area contributed by atoms with Crippen LogP contribution in [0.5, 0.6) is 0 Å². The van der Waals surface area contributed by atoms with Crippen molar-refractivity contribution < 1.29 is 14.3 Å². The van der Waals surface area contributed by atoms with Gasteiger partial charge in [0.1, 0.15) is 5.71 Å². The molecule has 0 bridgehead atoms. The molecule has 0 unspecified atom stereocenters. The minimum absolute atomic E-state index is 0.348. The highest BCUT2D eigenvalue weighted by Gasteiger charge is 2.10. The maximum Gasteiger partial charge on any atom is 0.355 e. The predicted octanol–water partition coefficient (Wildman–Crippen LogP) is 0.0710. The Labute approximate surface area is 106 Å². The number of hydrogen-bond donors (Lipinski definition) is 2. The quantitative estimate of drug-likeness (QED) is 0.421. The summed E-state index contributed by atoms with van der Waals surface area (Å²) in [5, 5.41) is 9.98. The fourth-order valence-electron chi connectivity index (χ4n) is 1.42. The van der Waals surface area contributed by atoms with Gasteiger partial charge >= 0.3 is 5.97 Å². The van der Waals surface area contributed by atoms with Crippen LogP contribution in [0, 0.1) is 5.41 Å². The maximum atomic E-state index is 11.5. The minimum atomic E-state index is -0.766. The van der Waals surface area contributed by atoms with E-state index in [9.17, 15) is 9.59 Å². The summed E-state index contributed by atoms with van der Waals surface area (Å²) in [5.74, 6) is -1.11. The monoisotopic (exact) mass is 251 g/mol. The average Bonchev–Trinajstić information content (AvgIpc) is 2.37. The third-order valence-electron chi connectivity index (χ3n) is 2.50. The molecule has 1 aliphatic rings. The lowest BCUT2D eigenvalue weighted by atomic mass is 10.2. The Morgan fingerprint density at radius 1 is 1.50 bits per heavy atom. The molecule has 0 fully saturated rings. The van der Waals surface area contributed by atoms with Crippen molar-refractivity contribution in [1.29, 1.82) is 5.41 Å². The minimum Gasteiger partial charge on any atom is -0.464 e. The lowest BCUT2D eigenvalue weighted by molar-refractivity contribution is -0.132. The van der Waals surface area contributed by atoms with Crippen LogP contribution < -0.4 is 5.32 Å². The largest absolute Gasteiger partial charge is 0.464 e. The first-order chi connectivity index (χ1) is 8.52. The van der Waals surface area contributed by atoms with Crippen LogP contribution in [0.4, 0.5) is 0 Å². The number of esters is 1. The van der Waals surface area contributed by atoms with Crippen LogP contribution in [-0.2, 0) is 14.3 Å². The molecule has 0 aromatic carbocycles. The number of nitrogens with zero attached hydrogens (tertiary/aromatic N) is 1. The normalized spacial score (nSPS) is 16.2. The van der Waals surface area contributed by atoms with Gasteiger partial charge in [0.25, 0.3) is 0 Å². The van der Waals surface area contributed by atoms with Gasteiger partial charge < -0.3 is 15.0 Å². The first kappa shape index (κ1) is 14.1. The molecule has 1 aliphatic heterocycles. The third-order valence-corrected chi connectivity index (χ3v) is 2.50. The molecule has 6 nitrogen and oxygen atoms in total. The van der Waals surface area contributed by atoms with Crippen LogP contribution in [0.15, 0.2) is 23.9 Å². The fourth-order valence-corrected chi connectivity index (χ4v) is 1.42. The molecule has 0 aromatic heterocycles. The highest BCUT2D eigenvalue weighted by molar-refractivity contribution is 6.40. The SMILES string of the molecule is COC(=O)C(=N)/C=C\C(=O)NC1=CCN(C)CC1. The molecular formula is C12H17N3O3. The summed E-state index contributed by atoms with van der Waals surface area (Å²) in [6, 6.07) is 0. The van der Waals surface area contributed by atoms with E-state index in [1.54, 1.807) is 0 Å². The third kappa shape index (κ3) is 4.50. The summed E-state index contributed by atoms with van der Waals surface area (Å²) in [5.41, 5.74) is 0.511. The number of ether oxygens (including phenoxy) is 1. The van der Waals surface area contributed by atoms with Crippen molar-refractivity contribution in [3.63, 3.8) is 0 Å². The van der Waals surface area contributed by atoms with E-state index in [0.29, 0.717) is 0 Å². The van der Waals surface area contributed by atoms with Crippen LogP contribution in [0.25, 0.3) is 0 Å². The number of amides is 1. The standard InChI is InChI=1S/C12H17N3O3/c1-15-7-5-9(6-8-15)14-11(16)4-3-10(13)12(17)18-2/h3-5,13H,6-8H2,1-2H3,(H,14,16)/b4-3-,13-10?. The topological polar surface area (TPSA) is 82.5 Å². The van der Waals surface area contributed by atoms with Gasteiger partial charge in [-0.1, -0.05) is 6.08 Å². The van der Waals surface area contributed by atoms with Crippen LogP contribution in [0.3, 0.4) is 0 Å². The maximum absolute atomic E-state index is 11.5. The smallest absolute Gasteiger partial charge is 0.355 e. The lowest BCUT2D eigenvalue weighted by Gasteiger charge is -2.21. The van der Waals surface area contributed by atoms with Gasteiger partial charge in [-0.3, -0.25) is 10.2 Å². The zero-order valence-corrected chi connectivity index (χ0v) is 10.5. The van der Waals surface area contributed by atoms with Gasteiger partial charge in [-0.05, 0) is 13.1 Å². The van der Waals surface area contributed by atoms with Gasteiger partial charge in [-0.2, -0.15) is 0 Å². The molecule has 2 N–H and O–H groups in total. The summed E-state index contributed by atoms with van der Waals surface area (Å²) in [4.78, 5) is 24.5. The molecular weight excluding hydrogens is 234 g/mol. The van der Waals surface area contributed by atoms with Crippen LogP contribution in [-0.4, -0.2) is 49.7 Å². The second-order valence-corrected chi connectivity index (χ2v) is 3.97. The van der Waals surface area contributed by atoms with Crippen molar-refractivity contribution >= 4 is 17.6 Å². The Morgan fingerprint density at radius 3 is 2.78 bits per heavy atom. The summed E-state index contributed by atoms with van der Waals surface area (Å²) in [6.45, 7) is 1.70. The van der Waals surface area contributed by atoms with Crippen molar-refractivity contribution in [3.8, 4) is 0 Å². The number of carbonyl (C=O) groups is 2. The van der Waals surface area contributed by atoms with Gasteiger partial charge in [0, 0.05) is 31.3 Å². The first-order valence-electron chi connectivity index (χ1n) is 5.56. The first-order valence-corrected chi connectivity index (χ1v) is 5.56. The Kier molecular flexibility index (Phi) is 5.26. The van der Waals surface area contributed by atoms with Crippen LogP contribution in [0.1, 0.15) is 6.42 Å². The number of nitrogens with one attached hydrogen (secondary N) is 2. The molecule has 1 amide bonds. The summed E-state index contributed by atoms with van der Waals surface area (Å²) in [7, 11) is 3.20. The Morgan fingerprint density at radius 2 is 2.22 bits per heavy atom. The number of methoxy groups -OCH3 is 1. The fraction of sp³-hybridized carbons (Fsp3) is 0.417. The van der Waals surface area contributed by atoms with Crippen LogP contribution >= 0.6 is 0 Å². The number of hydrogen-bond acceptors (Lipinski definition) is 5. The van der Waals surface area contributed by atoms with E-state index >= 15 is 0 Å². The average molecular weight is 251 g/mol. The van der Waals surface area contributed by atoms with Crippen LogP contribution in [0.2, 0.25) is 0 Å². The zero-order chi connectivity index (χ0) is 13.5. The van der Waals surface area contributed by atoms with Crippen molar-refractivity contribution in [3.05, 3.63) is 23.9 Å². The second kappa shape index (κ2) is 6.70. The molecule has 6 heteroatoms. The Hall–Kier alpha value is -1.95. The van der Waals surface area contributed by atoms with Gasteiger partial charge in [0.05, 0.1) is 7.11 Å². The molecule has 98 valence electrons. The van der Waals surface area contributed by atoms with E-state index in [1.165, 1.54) is 7.11 Å². The molecule has 0 aromatic rings. The number of likely N-dealkylation sites (N-methyl/N-ethyl adjacent to an activating group) is 1. The molecule has 0 spiro atoms. The van der Waals surface area contributed by atoms with E-state index in [2.05, 4.69) is 15.0 Å². The molecule has 0 radical (unpaired) electrons. The number of rotatable bonds is 4. The van der Waals surface area contributed by atoms with Crippen molar-refractivity contribution in [2.45, 2.75) is 6.42 Å². The van der Waals surface area contributed by atoms with Gasteiger partial charge in [0.2, 0.25) is 5.91 Å². The molecule has 1 rings (SSSR count). The van der Waals surface area contributed by atoms with E-state index in [4.69, 9.17) is 5.41 Å². The lowest BCUT2D eigenvalue weighted by Crippen LogP contribution is -2.30. The molecule has 0 aliphatic carbocycles. The highest BCUT2D eigenvalue weighted by Crippen LogP contribution is 2.05. The van der Waals surface area contributed by atoms with E-state index in [1.807, 2.05) is 13.1 Å². The van der Waals surface area contributed by atoms with Gasteiger partial charge in [-0.15, -0.1) is 0 Å². The van der Waals surface area contributed by atoms with Crippen molar-refractivity contribution in [2.75, 3.05) is 27.2 Å². The van der Waals surface area contributed by atoms with Crippen molar-refractivity contribution in [1.82, 2.24) is 10.2 Å². The Balaban J connectivity index is 2.45. The highest BCUT2D eigenvalue weighted by atomic mass is 16.5. The van der Waals surface area contributed by atoms with E-state index < -0.39 is 5.97 Å². The van der Waals surface area contributed by atoms with Gasteiger partial charge in [-0.25, -0.2) is 4.79 Å². The zero-order valence-electron chi connectivity index (χ0n) is 10.5. The van der Waals surface area contributed by atoms with Gasteiger partial charge in [0.15, 0.2) is 0 Å². The summed E-state index contributed by atoms with van der Waals surface area (Å²) in [6.07, 6.45) is 5.00. The molecule has 0 saturated carbocycles. The molecule has 0 atom stereocenters. The van der Waals surface area contributed by atoms with E-state index in [-0.39, 0.29) is 11.6 Å². The molecule has 18 heavy (non-hydrogen) atoms. The summed E-state index contributed by atoms with van der Waals surface area (Å²) < 4.78 is 4.34. The molecule has 0 saturated heterocycles. The van der Waals surface area contributed by atoms with Crippen molar-refractivity contribution in [2.24, 2.45) is 0 Å². The Bertz CT molecular complexity index is 413. The van der Waals surface area contributed by atoms with E-state index in [0.717, 1.165) is 37.4 Å². The predicted molar refractivity (Wildman–Crippen MR) is 67.2 cm³/mol. The summed E-state index contributed by atoms with van der Waals surface area (Å²) >= 11 is 0.